The van der Waals surface area contributed by atoms with E-state index >= 15 is 0 Å². The first-order valence-electron chi connectivity index (χ1n) is 13.1. The van der Waals surface area contributed by atoms with E-state index in [9.17, 15) is 23.9 Å². The van der Waals surface area contributed by atoms with E-state index in [1.54, 1.807) is 12.1 Å². The summed E-state index contributed by atoms with van der Waals surface area (Å²) in [5.41, 5.74) is 2.15. The monoisotopic (exact) mass is 550 g/mol. The molecule has 9 heteroatoms. The molecular weight excluding hydrogens is 515 g/mol. The molecule has 0 aromatic heterocycles. The molecule has 0 radical (unpaired) electrons. The molecule has 8 nitrogen and oxygen atoms in total. The molecule has 1 unspecified atom stereocenters. The predicted molar refractivity (Wildman–Crippen MR) is 147 cm³/mol. The Kier molecular flexibility index (Phi) is 11.6. The average Bonchev–Trinajstić information content (AvgIpc) is 2.95. The summed E-state index contributed by atoms with van der Waals surface area (Å²) in [7, 11) is 0. The molecule has 0 aliphatic carbocycles. The zero-order valence-corrected chi connectivity index (χ0v) is 22.7. The number of halogens is 1. The summed E-state index contributed by atoms with van der Waals surface area (Å²) >= 11 is 0. The smallest absolute Gasteiger partial charge is 0.337 e. The fourth-order valence-corrected chi connectivity index (χ4v) is 3.91. The van der Waals surface area contributed by atoms with Crippen LogP contribution >= 0.6 is 0 Å². The highest BCUT2D eigenvalue weighted by Gasteiger charge is 2.29. The van der Waals surface area contributed by atoms with E-state index in [2.05, 4.69) is 5.32 Å². The lowest BCUT2D eigenvalue weighted by atomic mass is 10.1. The summed E-state index contributed by atoms with van der Waals surface area (Å²) in [5, 5.41) is 13.2. The lowest BCUT2D eigenvalue weighted by molar-refractivity contribution is -0.155. The molecule has 0 saturated heterocycles. The van der Waals surface area contributed by atoms with Crippen LogP contribution in [0, 0.1) is 11.7 Å². The van der Waals surface area contributed by atoms with Gasteiger partial charge in [0.1, 0.15) is 25.1 Å². The number of ether oxygens (including phenoxy) is 2. The predicted octanol–water partition coefficient (Wildman–Crippen LogP) is 4.25. The van der Waals surface area contributed by atoms with Crippen LogP contribution in [0.25, 0.3) is 0 Å². The van der Waals surface area contributed by atoms with Gasteiger partial charge in [0.25, 0.3) is 0 Å². The van der Waals surface area contributed by atoms with Crippen LogP contribution in [0.15, 0.2) is 84.9 Å². The third-order valence-electron chi connectivity index (χ3n) is 5.92. The number of esters is 2. The van der Waals surface area contributed by atoms with Gasteiger partial charge >= 0.3 is 18.0 Å². The molecule has 212 valence electrons. The van der Waals surface area contributed by atoms with Crippen molar-refractivity contribution >= 4 is 18.0 Å². The van der Waals surface area contributed by atoms with Crippen molar-refractivity contribution in [3.05, 3.63) is 107 Å². The second-order valence-corrected chi connectivity index (χ2v) is 9.83. The Hall–Kier alpha value is -4.24. The second kappa shape index (κ2) is 15.4. The van der Waals surface area contributed by atoms with Gasteiger partial charge < -0.3 is 24.8 Å². The van der Waals surface area contributed by atoms with Crippen molar-refractivity contribution in [3.8, 4) is 0 Å². The largest absolute Gasteiger partial charge is 0.459 e. The first-order valence-corrected chi connectivity index (χ1v) is 13.1. The summed E-state index contributed by atoms with van der Waals surface area (Å²) in [6.07, 6.45) is -1.54. The number of carbonyl (C=O) groups is 3. The molecule has 0 saturated carbocycles. The van der Waals surface area contributed by atoms with Gasteiger partial charge in [-0.3, -0.25) is 0 Å². The lowest BCUT2D eigenvalue weighted by Gasteiger charge is -2.28. The van der Waals surface area contributed by atoms with E-state index in [1.165, 1.54) is 29.2 Å². The van der Waals surface area contributed by atoms with E-state index in [-0.39, 0.29) is 38.6 Å². The number of rotatable bonds is 13. The van der Waals surface area contributed by atoms with E-state index in [0.29, 0.717) is 5.56 Å². The molecule has 3 rings (SSSR count). The summed E-state index contributed by atoms with van der Waals surface area (Å²) in [5.74, 6) is -1.96. The maximum atomic E-state index is 13.4. The molecule has 0 aliphatic heterocycles. The minimum absolute atomic E-state index is 0.00105. The van der Waals surface area contributed by atoms with Gasteiger partial charge in [-0.1, -0.05) is 86.6 Å². The van der Waals surface area contributed by atoms with E-state index in [4.69, 9.17) is 9.47 Å². The number of urea groups is 1. The first kappa shape index (κ1) is 30.3. The van der Waals surface area contributed by atoms with Crippen LogP contribution in [-0.4, -0.2) is 53.2 Å². The highest BCUT2D eigenvalue weighted by molar-refractivity contribution is 5.84. The fraction of sp³-hybridized carbons (Fsp3) is 0.323. The topological polar surface area (TPSA) is 105 Å². The number of nitrogens with zero attached hydrogens (tertiary/aromatic N) is 1. The number of hydrogen-bond donors (Lipinski definition) is 2. The van der Waals surface area contributed by atoms with Crippen molar-refractivity contribution in [2.45, 2.75) is 45.6 Å². The Morgan fingerprint density at radius 1 is 0.775 bits per heavy atom. The van der Waals surface area contributed by atoms with Gasteiger partial charge in [0.05, 0.1) is 6.54 Å². The van der Waals surface area contributed by atoms with Gasteiger partial charge in [-0.15, -0.1) is 0 Å². The number of benzene rings is 3. The van der Waals surface area contributed by atoms with Crippen LogP contribution in [0.2, 0.25) is 0 Å². The number of nitrogens with one attached hydrogen (secondary N) is 1. The Bertz CT molecular complexity index is 1220. The second-order valence-electron chi connectivity index (χ2n) is 9.83. The molecule has 3 aromatic rings. The molecule has 3 aromatic carbocycles. The first-order chi connectivity index (χ1) is 19.2. The van der Waals surface area contributed by atoms with Crippen molar-refractivity contribution in [2.24, 2.45) is 5.92 Å². The zero-order chi connectivity index (χ0) is 28.9. The SMILES string of the molecule is CC(C)CN(CC(O)C(=O)OCc1ccccc1)C(=O)N[C@@H](Cc1ccc(F)cc1)C(=O)OCc1ccccc1. The molecule has 0 aliphatic rings. The maximum absolute atomic E-state index is 13.4. The standard InChI is InChI=1S/C31H35FN2O6/c1-22(2)18-34(19-28(35)30(37)40-21-25-11-7-4-8-12-25)31(38)33-27(17-23-13-15-26(32)16-14-23)29(36)39-20-24-9-5-3-6-10-24/h3-16,22,27-28,35H,17-21H2,1-2H3,(H,33,38)/t27-,28?/m0/s1. The number of hydrogen-bond acceptors (Lipinski definition) is 6. The molecule has 0 bridgehead atoms. The molecule has 0 fully saturated rings. The van der Waals surface area contributed by atoms with Gasteiger partial charge in [-0.05, 0) is 34.7 Å². The Labute approximate surface area is 233 Å². The zero-order valence-electron chi connectivity index (χ0n) is 22.7. The number of carbonyl (C=O) groups excluding carboxylic acids is 3. The lowest BCUT2D eigenvalue weighted by Crippen LogP contribution is -2.52. The average molecular weight is 551 g/mol. The highest BCUT2D eigenvalue weighted by Crippen LogP contribution is 2.11. The van der Waals surface area contributed by atoms with Crippen molar-refractivity contribution in [1.82, 2.24) is 10.2 Å². The fourth-order valence-electron chi connectivity index (χ4n) is 3.91. The summed E-state index contributed by atoms with van der Waals surface area (Å²) in [6.45, 7) is 3.63. The quantitative estimate of drug-likeness (QED) is 0.308. The van der Waals surface area contributed by atoms with Crippen LogP contribution in [0.5, 0.6) is 0 Å². The van der Waals surface area contributed by atoms with Gasteiger partial charge in [-0.25, -0.2) is 18.8 Å². The van der Waals surface area contributed by atoms with Gasteiger partial charge in [0.2, 0.25) is 0 Å². The van der Waals surface area contributed by atoms with E-state index < -0.39 is 35.9 Å². The summed E-state index contributed by atoms with van der Waals surface area (Å²) in [6, 6.07) is 22.0. The molecule has 2 N–H and O–H groups in total. The van der Waals surface area contributed by atoms with Crippen molar-refractivity contribution in [3.63, 3.8) is 0 Å². The third-order valence-corrected chi connectivity index (χ3v) is 5.92. The number of aliphatic hydroxyl groups excluding tert-OH is 1. The Balaban J connectivity index is 1.68. The summed E-state index contributed by atoms with van der Waals surface area (Å²) in [4.78, 5) is 40.1. The van der Waals surface area contributed by atoms with E-state index in [1.807, 2.05) is 62.4 Å². The molecule has 2 amide bonds. The van der Waals surface area contributed by atoms with Crippen molar-refractivity contribution in [2.75, 3.05) is 13.1 Å². The Morgan fingerprint density at radius 2 is 1.30 bits per heavy atom. The molecule has 0 heterocycles. The minimum atomic E-state index is -1.59. The number of amides is 2. The van der Waals surface area contributed by atoms with Crippen molar-refractivity contribution < 1.29 is 33.4 Å². The molecule has 0 spiro atoms. The van der Waals surface area contributed by atoms with Gasteiger partial charge in [0, 0.05) is 13.0 Å². The third kappa shape index (κ3) is 10.1. The molecule has 2 atom stereocenters. The van der Waals surface area contributed by atoms with Crippen molar-refractivity contribution in [1.29, 1.82) is 0 Å². The van der Waals surface area contributed by atoms with Crippen LogP contribution in [0.3, 0.4) is 0 Å². The molecular formula is C31H35FN2O6. The molecule has 40 heavy (non-hydrogen) atoms. The van der Waals surface area contributed by atoms with Crippen LogP contribution in [0.4, 0.5) is 9.18 Å². The number of aliphatic hydroxyl groups is 1. The highest BCUT2D eigenvalue weighted by atomic mass is 19.1. The van der Waals surface area contributed by atoms with Crippen LogP contribution in [-0.2, 0) is 38.7 Å². The Morgan fingerprint density at radius 3 is 1.82 bits per heavy atom. The van der Waals surface area contributed by atoms with Crippen LogP contribution in [0.1, 0.15) is 30.5 Å². The minimum Gasteiger partial charge on any atom is -0.459 e. The maximum Gasteiger partial charge on any atom is 0.337 e. The van der Waals surface area contributed by atoms with E-state index in [0.717, 1.165) is 11.1 Å². The van der Waals surface area contributed by atoms with Gasteiger partial charge in [0.15, 0.2) is 6.10 Å². The summed E-state index contributed by atoms with van der Waals surface area (Å²) < 4.78 is 24.1. The normalized spacial score (nSPS) is 12.3. The van der Waals surface area contributed by atoms with Gasteiger partial charge in [-0.2, -0.15) is 0 Å². The van der Waals surface area contributed by atoms with Crippen LogP contribution < -0.4 is 5.32 Å².